The number of amides is 1. The van der Waals surface area contributed by atoms with Gasteiger partial charge in [-0.15, -0.1) is 0 Å². The number of hydrogen-bond donors (Lipinski definition) is 2. The van der Waals surface area contributed by atoms with Crippen LogP contribution >= 0.6 is 11.9 Å². The normalized spacial score (nSPS) is 11.5. The van der Waals surface area contributed by atoms with Crippen LogP contribution in [0.2, 0.25) is 0 Å². The molecule has 0 unspecified atom stereocenters. The Balaban J connectivity index is 1.86. The number of anilines is 1. The molecule has 0 aliphatic carbocycles. The SMILES string of the molecule is CCCCCCOc1cc(F)ccc1C(=O)Nc1ccc(SNCC[N+](CC)(CC)CCCCC)cc1. The Morgan fingerprint density at radius 2 is 1.59 bits per heavy atom. The molecule has 2 aromatic carbocycles. The predicted molar refractivity (Wildman–Crippen MR) is 155 cm³/mol. The van der Waals surface area contributed by atoms with E-state index < -0.39 is 5.82 Å². The average molecular weight is 533 g/mol. The van der Waals surface area contributed by atoms with Crippen molar-refractivity contribution in [1.29, 1.82) is 0 Å². The van der Waals surface area contributed by atoms with Gasteiger partial charge in [0.1, 0.15) is 11.6 Å². The fraction of sp³-hybridized carbons (Fsp3) is 0.567. The minimum absolute atomic E-state index is 0.286. The molecule has 0 aliphatic heterocycles. The minimum atomic E-state index is -0.413. The molecule has 2 rings (SSSR count). The van der Waals surface area contributed by atoms with Gasteiger partial charge in [-0.25, -0.2) is 4.39 Å². The van der Waals surface area contributed by atoms with E-state index in [1.165, 1.54) is 57.1 Å². The summed E-state index contributed by atoms with van der Waals surface area (Å²) in [5.74, 6) is -0.434. The molecule has 1 amide bonds. The Bertz CT molecular complexity index is 920. The molecule has 5 nitrogen and oxygen atoms in total. The molecule has 0 saturated heterocycles. The molecule has 7 heteroatoms. The van der Waals surface area contributed by atoms with Crippen LogP contribution in [-0.2, 0) is 0 Å². The Kier molecular flexibility index (Phi) is 14.7. The first kappa shape index (κ1) is 31.1. The molecule has 2 aromatic rings. The molecule has 0 spiro atoms. The van der Waals surface area contributed by atoms with Crippen LogP contribution in [0.4, 0.5) is 10.1 Å². The molecule has 0 aliphatic rings. The van der Waals surface area contributed by atoms with Gasteiger partial charge in [-0.2, -0.15) is 0 Å². The summed E-state index contributed by atoms with van der Waals surface area (Å²) in [6.07, 6.45) is 8.08. The van der Waals surface area contributed by atoms with Crippen molar-refractivity contribution in [1.82, 2.24) is 4.72 Å². The third-order valence-corrected chi connectivity index (χ3v) is 7.87. The monoisotopic (exact) mass is 532 g/mol. The second-order valence-electron chi connectivity index (χ2n) is 9.65. The van der Waals surface area contributed by atoms with Gasteiger partial charge in [0.15, 0.2) is 0 Å². The molecular weight excluding hydrogens is 485 g/mol. The van der Waals surface area contributed by atoms with E-state index in [0.29, 0.717) is 17.9 Å². The third-order valence-electron chi connectivity index (χ3n) is 7.01. The second kappa shape index (κ2) is 17.4. The molecule has 206 valence electrons. The Morgan fingerprint density at radius 3 is 2.27 bits per heavy atom. The quantitative estimate of drug-likeness (QED) is 0.111. The molecule has 0 radical (unpaired) electrons. The average Bonchev–Trinajstić information content (AvgIpc) is 2.91. The molecule has 37 heavy (non-hydrogen) atoms. The van der Waals surface area contributed by atoms with Crippen molar-refractivity contribution >= 4 is 23.5 Å². The van der Waals surface area contributed by atoms with Crippen molar-refractivity contribution in [3.63, 3.8) is 0 Å². The molecule has 0 aromatic heterocycles. The highest BCUT2D eigenvalue weighted by Crippen LogP contribution is 2.23. The van der Waals surface area contributed by atoms with Gasteiger partial charge in [-0.3, -0.25) is 9.52 Å². The van der Waals surface area contributed by atoms with E-state index >= 15 is 0 Å². The van der Waals surface area contributed by atoms with E-state index in [9.17, 15) is 9.18 Å². The second-order valence-corrected chi connectivity index (χ2v) is 10.6. The number of unbranched alkanes of at least 4 members (excludes halogenated alkanes) is 5. The molecule has 0 fully saturated rings. The number of likely N-dealkylation sites (N-methyl/N-ethyl adjacent to an activating group) is 1. The number of carbonyl (C=O) groups excluding carboxylic acids is 1. The van der Waals surface area contributed by atoms with E-state index in [0.717, 1.165) is 48.2 Å². The van der Waals surface area contributed by atoms with Crippen LogP contribution in [0.3, 0.4) is 0 Å². The van der Waals surface area contributed by atoms with Gasteiger partial charge in [-0.05, 0) is 81.5 Å². The zero-order valence-corrected chi connectivity index (χ0v) is 24.1. The summed E-state index contributed by atoms with van der Waals surface area (Å²) in [7, 11) is 0. The van der Waals surface area contributed by atoms with E-state index in [4.69, 9.17) is 4.74 Å². The van der Waals surface area contributed by atoms with E-state index in [1.807, 2.05) is 24.3 Å². The number of halogens is 1. The summed E-state index contributed by atoms with van der Waals surface area (Å²) >= 11 is 1.62. The number of hydrogen-bond acceptors (Lipinski definition) is 4. The van der Waals surface area contributed by atoms with Crippen LogP contribution < -0.4 is 14.8 Å². The number of carbonyl (C=O) groups is 1. The van der Waals surface area contributed by atoms with Crippen LogP contribution in [-0.4, -0.2) is 49.7 Å². The van der Waals surface area contributed by atoms with Gasteiger partial charge in [0.2, 0.25) is 0 Å². The van der Waals surface area contributed by atoms with Gasteiger partial charge in [0.05, 0.1) is 44.9 Å². The van der Waals surface area contributed by atoms with E-state index in [-0.39, 0.29) is 11.7 Å². The maximum absolute atomic E-state index is 13.8. The van der Waals surface area contributed by atoms with Crippen LogP contribution in [0.25, 0.3) is 0 Å². The topological polar surface area (TPSA) is 50.4 Å². The lowest BCUT2D eigenvalue weighted by Crippen LogP contribution is -2.51. The van der Waals surface area contributed by atoms with Gasteiger partial charge in [-0.1, -0.05) is 39.5 Å². The fourth-order valence-electron chi connectivity index (χ4n) is 4.40. The summed E-state index contributed by atoms with van der Waals surface area (Å²) < 4.78 is 24.2. The van der Waals surface area contributed by atoms with Gasteiger partial charge in [0, 0.05) is 16.6 Å². The lowest BCUT2D eigenvalue weighted by atomic mass is 10.1. The molecule has 0 saturated carbocycles. The third kappa shape index (κ3) is 11.0. The van der Waals surface area contributed by atoms with Crippen molar-refractivity contribution in [3.8, 4) is 5.75 Å². The first-order valence-electron chi connectivity index (χ1n) is 14.1. The van der Waals surface area contributed by atoms with Gasteiger partial charge < -0.3 is 14.5 Å². The van der Waals surface area contributed by atoms with Crippen molar-refractivity contribution in [2.45, 2.75) is 77.5 Å². The number of ether oxygens (including phenoxy) is 1. The molecule has 0 heterocycles. The maximum Gasteiger partial charge on any atom is 0.259 e. The van der Waals surface area contributed by atoms with Crippen LogP contribution in [0.1, 0.15) is 83.0 Å². The fourth-order valence-corrected chi connectivity index (χ4v) is 5.03. The van der Waals surface area contributed by atoms with E-state index in [1.54, 1.807) is 11.9 Å². The van der Waals surface area contributed by atoms with Crippen LogP contribution in [0.5, 0.6) is 5.75 Å². The molecule has 0 bridgehead atoms. The van der Waals surface area contributed by atoms with Gasteiger partial charge >= 0.3 is 0 Å². The summed E-state index contributed by atoms with van der Waals surface area (Å²) in [5.41, 5.74) is 1.03. The van der Waals surface area contributed by atoms with Gasteiger partial charge in [0.25, 0.3) is 5.91 Å². The number of nitrogens with one attached hydrogen (secondary N) is 2. The predicted octanol–water partition coefficient (Wildman–Crippen LogP) is 7.68. The summed E-state index contributed by atoms with van der Waals surface area (Å²) in [6.45, 7) is 15.1. The first-order valence-corrected chi connectivity index (χ1v) is 14.9. The van der Waals surface area contributed by atoms with Crippen molar-refractivity contribution in [2.24, 2.45) is 0 Å². The number of nitrogens with zero attached hydrogens (tertiary/aromatic N) is 1. The molecular formula is C30H47FN3O2S+. The number of quaternary nitrogens is 1. The maximum atomic E-state index is 13.8. The Hall–Kier alpha value is -2.09. The Labute approximate surface area is 228 Å². The zero-order valence-electron chi connectivity index (χ0n) is 23.3. The highest BCUT2D eigenvalue weighted by molar-refractivity contribution is 7.97. The van der Waals surface area contributed by atoms with Crippen molar-refractivity contribution in [3.05, 3.63) is 53.8 Å². The summed E-state index contributed by atoms with van der Waals surface area (Å²) in [4.78, 5) is 14.0. The zero-order chi connectivity index (χ0) is 26.9. The standard InChI is InChI=1S/C30H46FN3O2S/c1-5-9-11-13-23-36-29-24-25(31)14-19-28(29)30(35)33-26-15-17-27(18-16-26)37-32-20-22-34(7-3,8-4)21-12-10-6-2/h14-19,24,32H,5-13,20-23H2,1-4H3/p+1. The van der Waals surface area contributed by atoms with E-state index in [2.05, 4.69) is 37.7 Å². The van der Waals surface area contributed by atoms with Crippen molar-refractivity contribution < 1.29 is 18.4 Å². The van der Waals surface area contributed by atoms with Crippen LogP contribution in [0.15, 0.2) is 47.4 Å². The highest BCUT2D eigenvalue weighted by Gasteiger charge is 2.22. The smallest absolute Gasteiger partial charge is 0.259 e. The lowest BCUT2D eigenvalue weighted by Gasteiger charge is -2.37. The first-order chi connectivity index (χ1) is 18.0. The minimum Gasteiger partial charge on any atom is -0.493 e. The van der Waals surface area contributed by atoms with Crippen LogP contribution in [0, 0.1) is 5.82 Å². The Morgan fingerprint density at radius 1 is 0.892 bits per heavy atom. The number of rotatable bonds is 19. The summed E-state index contributed by atoms with van der Waals surface area (Å²) in [6, 6.07) is 11.8. The highest BCUT2D eigenvalue weighted by atomic mass is 32.2. The molecule has 0 atom stereocenters. The number of benzene rings is 2. The summed E-state index contributed by atoms with van der Waals surface area (Å²) in [5, 5.41) is 2.91. The lowest BCUT2D eigenvalue weighted by molar-refractivity contribution is -0.924. The van der Waals surface area contributed by atoms with Crippen molar-refractivity contribution in [2.75, 3.05) is 44.6 Å². The molecule has 2 N–H and O–H groups in total. The largest absolute Gasteiger partial charge is 0.493 e.